The SMILES string of the molecule is CN1CCCC(c2cn3c(n2)CCCC3CO)C1. The average molecular weight is 249 g/mol. The summed E-state index contributed by atoms with van der Waals surface area (Å²) in [6.45, 7) is 2.58. The molecule has 0 bridgehead atoms. The van der Waals surface area contributed by atoms with Gasteiger partial charge < -0.3 is 14.6 Å². The topological polar surface area (TPSA) is 41.3 Å². The van der Waals surface area contributed by atoms with E-state index in [1.807, 2.05) is 0 Å². The van der Waals surface area contributed by atoms with Crippen molar-refractivity contribution in [3.8, 4) is 0 Å². The molecule has 4 heteroatoms. The minimum absolute atomic E-state index is 0.243. The summed E-state index contributed by atoms with van der Waals surface area (Å²) in [7, 11) is 2.19. The maximum atomic E-state index is 9.44. The van der Waals surface area contributed by atoms with E-state index in [4.69, 9.17) is 4.98 Å². The molecule has 1 fully saturated rings. The van der Waals surface area contributed by atoms with Gasteiger partial charge in [0.2, 0.25) is 0 Å². The third kappa shape index (κ3) is 2.19. The number of hydrogen-bond acceptors (Lipinski definition) is 3. The molecule has 2 unspecified atom stereocenters. The minimum atomic E-state index is 0.243. The molecule has 0 aliphatic carbocycles. The third-order valence-electron chi connectivity index (χ3n) is 4.41. The first kappa shape index (κ1) is 12.2. The van der Waals surface area contributed by atoms with E-state index in [-0.39, 0.29) is 12.6 Å². The van der Waals surface area contributed by atoms with Gasteiger partial charge >= 0.3 is 0 Å². The van der Waals surface area contributed by atoms with Crippen molar-refractivity contribution in [2.45, 2.75) is 44.1 Å². The van der Waals surface area contributed by atoms with Crippen molar-refractivity contribution in [1.29, 1.82) is 0 Å². The molecule has 2 atom stereocenters. The van der Waals surface area contributed by atoms with Crippen molar-refractivity contribution in [2.75, 3.05) is 26.7 Å². The Bertz CT molecular complexity index is 415. The number of aliphatic hydroxyl groups is 1. The monoisotopic (exact) mass is 249 g/mol. The van der Waals surface area contributed by atoms with Crippen LogP contribution in [0, 0.1) is 0 Å². The highest BCUT2D eigenvalue weighted by molar-refractivity contribution is 5.14. The van der Waals surface area contributed by atoms with E-state index in [1.54, 1.807) is 0 Å². The van der Waals surface area contributed by atoms with Crippen molar-refractivity contribution in [3.05, 3.63) is 17.7 Å². The predicted octanol–water partition coefficient (Wildman–Crippen LogP) is 1.56. The first-order valence-corrected chi connectivity index (χ1v) is 7.15. The number of piperidine rings is 1. The van der Waals surface area contributed by atoms with Crippen LogP contribution in [-0.4, -0.2) is 46.3 Å². The number of imidazole rings is 1. The fourth-order valence-corrected chi connectivity index (χ4v) is 3.37. The van der Waals surface area contributed by atoms with Crippen LogP contribution in [0.15, 0.2) is 6.20 Å². The van der Waals surface area contributed by atoms with Gasteiger partial charge in [-0.15, -0.1) is 0 Å². The summed E-state index contributed by atoms with van der Waals surface area (Å²) in [6.07, 6.45) is 8.05. The van der Waals surface area contributed by atoms with E-state index < -0.39 is 0 Å². The normalized spacial score (nSPS) is 29.2. The van der Waals surface area contributed by atoms with Gasteiger partial charge in [0.15, 0.2) is 0 Å². The van der Waals surface area contributed by atoms with Gasteiger partial charge in [0.1, 0.15) is 5.82 Å². The lowest BCUT2D eigenvalue weighted by atomic mass is 9.96. The lowest BCUT2D eigenvalue weighted by Gasteiger charge is -2.28. The van der Waals surface area contributed by atoms with Crippen molar-refractivity contribution < 1.29 is 5.11 Å². The second-order valence-electron chi connectivity index (χ2n) is 5.82. The van der Waals surface area contributed by atoms with Crippen LogP contribution < -0.4 is 0 Å². The molecule has 4 nitrogen and oxygen atoms in total. The van der Waals surface area contributed by atoms with Gasteiger partial charge in [0.05, 0.1) is 18.3 Å². The summed E-state index contributed by atoms with van der Waals surface area (Å²) in [5, 5.41) is 9.44. The molecule has 1 aromatic rings. The maximum Gasteiger partial charge on any atom is 0.109 e. The van der Waals surface area contributed by atoms with Crippen molar-refractivity contribution in [3.63, 3.8) is 0 Å². The van der Waals surface area contributed by atoms with Crippen LogP contribution in [0.2, 0.25) is 0 Å². The lowest BCUT2D eigenvalue weighted by Crippen LogP contribution is -2.30. The zero-order valence-corrected chi connectivity index (χ0v) is 11.2. The zero-order chi connectivity index (χ0) is 12.5. The second-order valence-corrected chi connectivity index (χ2v) is 5.82. The summed E-state index contributed by atoms with van der Waals surface area (Å²) < 4.78 is 2.23. The molecule has 0 aromatic carbocycles. The minimum Gasteiger partial charge on any atom is -0.394 e. The fourth-order valence-electron chi connectivity index (χ4n) is 3.37. The lowest BCUT2D eigenvalue weighted by molar-refractivity contribution is 0.206. The summed E-state index contributed by atoms with van der Waals surface area (Å²) in [5.41, 5.74) is 1.25. The van der Waals surface area contributed by atoms with Crippen LogP contribution in [0.25, 0.3) is 0 Å². The first-order valence-electron chi connectivity index (χ1n) is 7.15. The van der Waals surface area contributed by atoms with Crippen molar-refractivity contribution >= 4 is 0 Å². The number of likely N-dealkylation sites (N-methyl/N-ethyl adjacent to an activating group) is 1. The molecule has 3 heterocycles. The Morgan fingerprint density at radius 3 is 3.06 bits per heavy atom. The molecule has 2 aliphatic rings. The average Bonchev–Trinajstić information content (AvgIpc) is 2.82. The van der Waals surface area contributed by atoms with Gasteiger partial charge in [0, 0.05) is 25.1 Å². The Balaban J connectivity index is 1.83. The van der Waals surface area contributed by atoms with Gasteiger partial charge in [-0.3, -0.25) is 0 Å². The molecule has 3 rings (SSSR count). The molecule has 100 valence electrons. The van der Waals surface area contributed by atoms with Gasteiger partial charge in [-0.05, 0) is 39.3 Å². The van der Waals surface area contributed by atoms with Gasteiger partial charge in [-0.1, -0.05) is 0 Å². The van der Waals surface area contributed by atoms with Crippen molar-refractivity contribution in [1.82, 2.24) is 14.5 Å². The Morgan fingerprint density at radius 2 is 2.28 bits per heavy atom. The van der Waals surface area contributed by atoms with Gasteiger partial charge in [0.25, 0.3) is 0 Å². The van der Waals surface area contributed by atoms with E-state index in [0.29, 0.717) is 5.92 Å². The highest BCUT2D eigenvalue weighted by Gasteiger charge is 2.26. The molecule has 1 saturated heterocycles. The van der Waals surface area contributed by atoms with E-state index in [1.165, 1.54) is 30.9 Å². The summed E-state index contributed by atoms with van der Waals surface area (Å²) in [5.74, 6) is 1.77. The van der Waals surface area contributed by atoms with Crippen LogP contribution in [0.5, 0.6) is 0 Å². The number of likely N-dealkylation sites (tertiary alicyclic amines) is 1. The van der Waals surface area contributed by atoms with Crippen LogP contribution in [-0.2, 0) is 6.42 Å². The molecule has 1 aromatic heterocycles. The number of aromatic nitrogens is 2. The van der Waals surface area contributed by atoms with E-state index in [0.717, 1.165) is 25.8 Å². The molecule has 1 N–H and O–H groups in total. The van der Waals surface area contributed by atoms with Gasteiger partial charge in [-0.2, -0.15) is 0 Å². The molecule has 0 saturated carbocycles. The Kier molecular flexibility index (Phi) is 3.39. The van der Waals surface area contributed by atoms with Crippen LogP contribution in [0.3, 0.4) is 0 Å². The molecular formula is C14H23N3O. The highest BCUT2D eigenvalue weighted by atomic mass is 16.3. The summed E-state index contributed by atoms with van der Waals surface area (Å²) >= 11 is 0. The molecule has 0 amide bonds. The third-order valence-corrected chi connectivity index (χ3v) is 4.41. The van der Waals surface area contributed by atoms with Crippen LogP contribution >= 0.6 is 0 Å². The summed E-state index contributed by atoms with van der Waals surface area (Å²) in [4.78, 5) is 7.23. The number of aryl methyl sites for hydroxylation is 1. The van der Waals surface area contributed by atoms with Crippen molar-refractivity contribution in [2.24, 2.45) is 0 Å². The number of rotatable bonds is 2. The maximum absolute atomic E-state index is 9.44. The van der Waals surface area contributed by atoms with Crippen LogP contribution in [0.1, 0.15) is 49.2 Å². The smallest absolute Gasteiger partial charge is 0.109 e. The van der Waals surface area contributed by atoms with E-state index in [2.05, 4.69) is 22.7 Å². The quantitative estimate of drug-likeness (QED) is 0.865. The highest BCUT2D eigenvalue weighted by Crippen LogP contribution is 2.30. The molecular weight excluding hydrogens is 226 g/mol. The Morgan fingerprint density at radius 1 is 1.39 bits per heavy atom. The second kappa shape index (κ2) is 5.02. The summed E-state index contributed by atoms with van der Waals surface area (Å²) in [6, 6.07) is 0.260. The van der Waals surface area contributed by atoms with E-state index >= 15 is 0 Å². The molecule has 0 spiro atoms. The molecule has 0 radical (unpaired) electrons. The number of nitrogens with zero attached hydrogens (tertiary/aromatic N) is 3. The number of hydrogen-bond donors (Lipinski definition) is 1. The Labute approximate surface area is 109 Å². The number of aliphatic hydroxyl groups excluding tert-OH is 1. The fraction of sp³-hybridized carbons (Fsp3) is 0.786. The predicted molar refractivity (Wildman–Crippen MR) is 70.8 cm³/mol. The largest absolute Gasteiger partial charge is 0.394 e. The zero-order valence-electron chi connectivity index (χ0n) is 11.2. The standard InChI is InChI=1S/C14H23N3O/c1-16-7-3-4-11(8-16)13-9-17-12(10-18)5-2-6-14(17)15-13/h9,11-12,18H,2-8,10H2,1H3. The Hall–Kier alpha value is -0.870. The van der Waals surface area contributed by atoms with Gasteiger partial charge in [-0.25, -0.2) is 4.98 Å². The van der Waals surface area contributed by atoms with E-state index in [9.17, 15) is 5.11 Å². The van der Waals surface area contributed by atoms with Crippen LogP contribution in [0.4, 0.5) is 0 Å². The number of fused-ring (bicyclic) bond motifs is 1. The molecule has 18 heavy (non-hydrogen) atoms. The molecule has 2 aliphatic heterocycles. The first-order chi connectivity index (χ1) is 8.78.